The molecule has 1 fully saturated rings. The molecule has 6 nitrogen and oxygen atoms in total. The van der Waals surface area contributed by atoms with Gasteiger partial charge >= 0.3 is 6.18 Å². The third kappa shape index (κ3) is 7.65. The van der Waals surface area contributed by atoms with Crippen LogP contribution in [0, 0.1) is 12.8 Å². The standard InChI is InChI=1S/C22H30F3N5O.HI/c1-4-29(15-22(23,24)25)12-17-9-10-30(13-17)21(26-3)27-11-19-14-31-20(28-19)18-7-5-16(2)6-8-18;/h5-8,14,17H,4,9-13,15H2,1-3H3,(H,26,27);1H. The van der Waals surface area contributed by atoms with Crippen LogP contribution in [0.15, 0.2) is 39.9 Å². The van der Waals surface area contributed by atoms with Crippen LogP contribution < -0.4 is 5.32 Å². The Bertz CT molecular complexity index is 869. The van der Waals surface area contributed by atoms with Crippen molar-refractivity contribution < 1.29 is 17.6 Å². The van der Waals surface area contributed by atoms with E-state index in [1.165, 1.54) is 10.5 Å². The molecule has 0 spiro atoms. The first-order chi connectivity index (χ1) is 14.8. The number of aryl methyl sites for hydroxylation is 1. The van der Waals surface area contributed by atoms with Gasteiger partial charge in [-0.1, -0.05) is 24.6 Å². The molecule has 2 aromatic rings. The largest absolute Gasteiger partial charge is 0.444 e. The molecule has 0 amide bonds. The lowest BCUT2D eigenvalue weighted by molar-refractivity contribution is -0.146. The van der Waals surface area contributed by atoms with Gasteiger partial charge in [-0.3, -0.25) is 9.89 Å². The quantitative estimate of drug-likeness (QED) is 0.304. The van der Waals surface area contributed by atoms with Crippen molar-refractivity contribution in [1.82, 2.24) is 20.1 Å². The van der Waals surface area contributed by atoms with Crippen molar-refractivity contribution in [2.24, 2.45) is 10.9 Å². The van der Waals surface area contributed by atoms with Crippen molar-refractivity contribution in [1.29, 1.82) is 0 Å². The fourth-order valence-corrected chi connectivity index (χ4v) is 3.82. The van der Waals surface area contributed by atoms with E-state index in [4.69, 9.17) is 4.42 Å². The molecule has 1 unspecified atom stereocenters. The molecule has 1 atom stereocenters. The molecule has 1 aromatic carbocycles. The zero-order valence-corrected chi connectivity index (χ0v) is 21.0. The van der Waals surface area contributed by atoms with Crippen LogP contribution in [-0.4, -0.2) is 66.7 Å². The van der Waals surface area contributed by atoms with Crippen molar-refractivity contribution in [2.45, 2.75) is 33.0 Å². The first-order valence-electron chi connectivity index (χ1n) is 10.5. The van der Waals surface area contributed by atoms with Gasteiger partial charge in [0, 0.05) is 32.2 Å². The van der Waals surface area contributed by atoms with Crippen molar-refractivity contribution in [3.8, 4) is 11.5 Å². The highest BCUT2D eigenvalue weighted by Gasteiger charge is 2.33. The van der Waals surface area contributed by atoms with E-state index in [1.54, 1.807) is 20.2 Å². The molecule has 0 bridgehead atoms. The third-order valence-electron chi connectivity index (χ3n) is 5.44. The summed E-state index contributed by atoms with van der Waals surface area (Å²) in [6.45, 7) is 5.66. The maximum absolute atomic E-state index is 12.7. The predicted molar refractivity (Wildman–Crippen MR) is 130 cm³/mol. The van der Waals surface area contributed by atoms with E-state index >= 15 is 0 Å². The van der Waals surface area contributed by atoms with Gasteiger partial charge in [0.2, 0.25) is 5.89 Å². The first kappa shape index (κ1) is 26.4. The Balaban J connectivity index is 0.00000363. The van der Waals surface area contributed by atoms with Gasteiger partial charge in [0.05, 0.1) is 18.8 Å². The molecule has 0 aliphatic carbocycles. The Morgan fingerprint density at radius 3 is 2.66 bits per heavy atom. The summed E-state index contributed by atoms with van der Waals surface area (Å²) >= 11 is 0. The molecule has 32 heavy (non-hydrogen) atoms. The first-order valence-corrected chi connectivity index (χ1v) is 10.5. The maximum atomic E-state index is 12.7. The summed E-state index contributed by atoms with van der Waals surface area (Å²) in [6.07, 6.45) is -1.70. The minimum Gasteiger partial charge on any atom is -0.444 e. The molecule has 1 N–H and O–H groups in total. The van der Waals surface area contributed by atoms with Gasteiger partial charge in [0.1, 0.15) is 6.26 Å². The SMILES string of the molecule is CCN(CC1CCN(C(=NC)NCc2coc(-c3ccc(C)cc3)n2)C1)CC(F)(F)F.I. The summed E-state index contributed by atoms with van der Waals surface area (Å²) in [5.74, 6) is 1.47. The van der Waals surface area contributed by atoms with Crippen molar-refractivity contribution in [3.63, 3.8) is 0 Å². The summed E-state index contributed by atoms with van der Waals surface area (Å²) in [5.41, 5.74) is 2.85. The van der Waals surface area contributed by atoms with Crippen LogP contribution in [-0.2, 0) is 6.54 Å². The summed E-state index contributed by atoms with van der Waals surface area (Å²) < 4.78 is 43.8. The number of nitrogens with zero attached hydrogens (tertiary/aromatic N) is 4. The van der Waals surface area contributed by atoms with E-state index < -0.39 is 12.7 Å². The second-order valence-corrected chi connectivity index (χ2v) is 7.95. The minimum absolute atomic E-state index is 0. The Morgan fingerprint density at radius 1 is 1.31 bits per heavy atom. The molecule has 1 aromatic heterocycles. The van der Waals surface area contributed by atoms with Gasteiger partial charge in [-0.15, -0.1) is 24.0 Å². The highest BCUT2D eigenvalue weighted by Crippen LogP contribution is 2.22. The molecule has 0 radical (unpaired) electrons. The normalized spacial score (nSPS) is 17.0. The number of rotatable bonds is 7. The Hall–Kier alpha value is -1.82. The number of hydrogen-bond acceptors (Lipinski definition) is 4. The van der Waals surface area contributed by atoms with Crippen molar-refractivity contribution >= 4 is 29.9 Å². The number of likely N-dealkylation sites (tertiary alicyclic amines) is 1. The smallest absolute Gasteiger partial charge is 0.401 e. The Kier molecular flexibility index (Phi) is 9.81. The van der Waals surface area contributed by atoms with Crippen molar-refractivity contribution in [2.75, 3.05) is 39.8 Å². The van der Waals surface area contributed by atoms with Gasteiger partial charge in [-0.25, -0.2) is 4.98 Å². The van der Waals surface area contributed by atoms with Gasteiger partial charge < -0.3 is 14.6 Å². The summed E-state index contributed by atoms with van der Waals surface area (Å²) in [6, 6.07) is 7.97. The number of hydrogen-bond donors (Lipinski definition) is 1. The lowest BCUT2D eigenvalue weighted by atomic mass is 10.1. The fourth-order valence-electron chi connectivity index (χ4n) is 3.82. The molecule has 1 saturated heterocycles. The van der Waals surface area contributed by atoms with E-state index in [1.807, 2.05) is 31.2 Å². The van der Waals surface area contributed by atoms with E-state index in [0.717, 1.165) is 30.2 Å². The van der Waals surface area contributed by atoms with E-state index in [9.17, 15) is 13.2 Å². The minimum atomic E-state index is -4.17. The molecule has 3 rings (SSSR count). The number of aromatic nitrogens is 1. The average molecular weight is 565 g/mol. The van der Waals surface area contributed by atoms with Crippen LogP contribution in [0.5, 0.6) is 0 Å². The zero-order chi connectivity index (χ0) is 22.4. The number of nitrogens with one attached hydrogen (secondary N) is 1. The van der Waals surface area contributed by atoms with Gasteiger partial charge in [0.15, 0.2) is 5.96 Å². The molecule has 0 saturated carbocycles. The Labute approximate surface area is 204 Å². The molecular formula is C22H31F3IN5O. The second-order valence-electron chi connectivity index (χ2n) is 7.95. The van der Waals surface area contributed by atoms with Crippen LogP contribution in [0.4, 0.5) is 13.2 Å². The molecule has 1 aliphatic heterocycles. The molecular weight excluding hydrogens is 534 g/mol. The fraction of sp³-hybridized carbons (Fsp3) is 0.545. The van der Waals surface area contributed by atoms with Crippen molar-refractivity contribution in [3.05, 3.63) is 41.8 Å². The van der Waals surface area contributed by atoms with E-state index in [2.05, 4.69) is 20.2 Å². The van der Waals surface area contributed by atoms with Gasteiger partial charge in [-0.05, 0) is 37.9 Å². The van der Waals surface area contributed by atoms with E-state index in [-0.39, 0.29) is 29.9 Å². The van der Waals surface area contributed by atoms with Gasteiger partial charge in [0.25, 0.3) is 0 Å². The maximum Gasteiger partial charge on any atom is 0.401 e. The predicted octanol–water partition coefficient (Wildman–Crippen LogP) is 4.55. The summed E-state index contributed by atoms with van der Waals surface area (Å²) in [7, 11) is 1.71. The highest BCUT2D eigenvalue weighted by atomic mass is 127. The molecule has 2 heterocycles. The monoisotopic (exact) mass is 565 g/mol. The zero-order valence-electron chi connectivity index (χ0n) is 18.7. The summed E-state index contributed by atoms with van der Waals surface area (Å²) in [4.78, 5) is 12.4. The molecule has 178 valence electrons. The van der Waals surface area contributed by atoms with Crippen LogP contribution in [0.1, 0.15) is 24.6 Å². The van der Waals surface area contributed by atoms with Gasteiger partial charge in [-0.2, -0.15) is 13.2 Å². The lowest BCUT2D eigenvalue weighted by Gasteiger charge is -2.26. The van der Waals surface area contributed by atoms with Crippen LogP contribution in [0.3, 0.4) is 0 Å². The lowest BCUT2D eigenvalue weighted by Crippen LogP contribution is -2.41. The Morgan fingerprint density at radius 2 is 2.03 bits per heavy atom. The van der Waals surface area contributed by atoms with Crippen LogP contribution >= 0.6 is 24.0 Å². The number of alkyl halides is 3. The number of aliphatic imine (C=N–C) groups is 1. The number of benzene rings is 1. The number of oxazole rings is 1. The highest BCUT2D eigenvalue weighted by molar-refractivity contribution is 14.0. The van der Waals surface area contributed by atoms with Crippen LogP contribution in [0.25, 0.3) is 11.5 Å². The van der Waals surface area contributed by atoms with E-state index in [0.29, 0.717) is 32.1 Å². The second kappa shape index (κ2) is 11.9. The number of guanidine groups is 1. The molecule has 10 heteroatoms. The molecule has 1 aliphatic rings. The number of halogens is 4. The average Bonchev–Trinajstić information content (AvgIpc) is 3.37. The topological polar surface area (TPSA) is 56.9 Å². The third-order valence-corrected chi connectivity index (χ3v) is 5.44. The van der Waals surface area contributed by atoms with Crippen LogP contribution in [0.2, 0.25) is 0 Å². The summed E-state index contributed by atoms with van der Waals surface area (Å²) in [5, 5.41) is 3.29.